The lowest BCUT2D eigenvalue weighted by Crippen LogP contribution is -2.47. The fourth-order valence-electron chi connectivity index (χ4n) is 2.98. The van der Waals surface area contributed by atoms with E-state index in [0.29, 0.717) is 43.7 Å². The summed E-state index contributed by atoms with van der Waals surface area (Å²) < 4.78 is 9.98. The van der Waals surface area contributed by atoms with Gasteiger partial charge < -0.3 is 24.8 Å². The van der Waals surface area contributed by atoms with Crippen molar-refractivity contribution in [1.29, 1.82) is 0 Å². The van der Waals surface area contributed by atoms with Crippen LogP contribution < -0.4 is 10.1 Å². The number of carbonyl (C=O) groups excluding carboxylic acids is 2. The van der Waals surface area contributed by atoms with Crippen molar-refractivity contribution in [3.63, 3.8) is 0 Å². The van der Waals surface area contributed by atoms with E-state index in [1.165, 1.54) is 14.2 Å². The largest absolute Gasteiger partial charge is 0.496 e. The maximum Gasteiger partial charge on any atom is 0.337 e. The minimum absolute atomic E-state index is 0.234. The number of nitrogens with one attached hydrogen (secondary N) is 1. The number of nitrogens with zero attached hydrogens (tertiary/aromatic N) is 1. The van der Waals surface area contributed by atoms with Gasteiger partial charge in [-0.15, -0.1) is 0 Å². The van der Waals surface area contributed by atoms with E-state index >= 15 is 0 Å². The van der Waals surface area contributed by atoms with Crippen LogP contribution in [0.4, 0.5) is 4.79 Å². The molecule has 1 unspecified atom stereocenters. The summed E-state index contributed by atoms with van der Waals surface area (Å²) in [7, 11) is 2.83. The molecule has 1 saturated heterocycles. The van der Waals surface area contributed by atoms with E-state index in [-0.39, 0.29) is 12.6 Å². The Labute approximate surface area is 152 Å². The minimum Gasteiger partial charge on any atom is -0.496 e. The average molecular weight is 364 g/mol. The Morgan fingerprint density at radius 3 is 2.73 bits per heavy atom. The summed E-state index contributed by atoms with van der Waals surface area (Å²) in [4.78, 5) is 36.4. The van der Waals surface area contributed by atoms with E-state index in [0.717, 1.165) is 5.56 Å². The second-order valence-corrected chi connectivity index (χ2v) is 6.12. The zero-order valence-corrected chi connectivity index (χ0v) is 15.0. The van der Waals surface area contributed by atoms with Crippen LogP contribution in [0.5, 0.6) is 5.75 Å². The van der Waals surface area contributed by atoms with Gasteiger partial charge in [0.25, 0.3) is 0 Å². The fourth-order valence-corrected chi connectivity index (χ4v) is 2.98. The Morgan fingerprint density at radius 2 is 2.08 bits per heavy atom. The Hall–Kier alpha value is -2.77. The van der Waals surface area contributed by atoms with Crippen molar-refractivity contribution in [3.8, 4) is 5.75 Å². The molecule has 0 aliphatic carbocycles. The van der Waals surface area contributed by atoms with Gasteiger partial charge >= 0.3 is 18.0 Å². The Kier molecular flexibility index (Phi) is 6.82. The number of hydrogen-bond donors (Lipinski definition) is 2. The number of piperidine rings is 1. The van der Waals surface area contributed by atoms with Gasteiger partial charge in [-0.05, 0) is 37.0 Å². The summed E-state index contributed by atoms with van der Waals surface area (Å²) in [6.07, 6.45) is 1.81. The lowest BCUT2D eigenvalue weighted by molar-refractivity contribution is -0.143. The van der Waals surface area contributed by atoms with Gasteiger partial charge in [0.2, 0.25) is 0 Å². The molecular formula is C18H24N2O6. The third-order valence-electron chi connectivity index (χ3n) is 4.44. The lowest BCUT2D eigenvalue weighted by Gasteiger charge is -2.30. The molecule has 0 saturated carbocycles. The third kappa shape index (κ3) is 4.87. The number of benzene rings is 1. The predicted molar refractivity (Wildman–Crippen MR) is 93.4 cm³/mol. The summed E-state index contributed by atoms with van der Waals surface area (Å²) in [6.45, 7) is 1.17. The van der Waals surface area contributed by atoms with Gasteiger partial charge in [0.1, 0.15) is 5.75 Å². The Balaban J connectivity index is 1.89. The van der Waals surface area contributed by atoms with E-state index in [1.807, 2.05) is 0 Å². The monoisotopic (exact) mass is 364 g/mol. The van der Waals surface area contributed by atoms with Crippen molar-refractivity contribution < 1.29 is 29.0 Å². The highest BCUT2D eigenvalue weighted by Gasteiger charge is 2.27. The standard InChI is InChI=1S/C18H24N2O6/c1-25-15-10-13(17(23)26-2)6-5-12(15)7-8-19-18(24)20-9-3-4-14(11-20)16(21)22/h5-6,10,14H,3-4,7-9,11H2,1-2H3,(H,19,24)(H,21,22). The molecule has 26 heavy (non-hydrogen) atoms. The number of carboxylic acid groups (broad SMARTS) is 1. The third-order valence-corrected chi connectivity index (χ3v) is 4.44. The van der Waals surface area contributed by atoms with Crippen molar-refractivity contribution in [2.45, 2.75) is 19.3 Å². The first-order valence-corrected chi connectivity index (χ1v) is 8.47. The summed E-state index contributed by atoms with van der Waals surface area (Å²) >= 11 is 0. The quantitative estimate of drug-likeness (QED) is 0.742. The first-order valence-electron chi connectivity index (χ1n) is 8.47. The number of amides is 2. The van der Waals surface area contributed by atoms with E-state index in [4.69, 9.17) is 9.84 Å². The maximum atomic E-state index is 12.2. The van der Waals surface area contributed by atoms with Crippen LogP contribution in [-0.2, 0) is 16.0 Å². The summed E-state index contributed by atoms with van der Waals surface area (Å²) in [5.74, 6) is -1.26. The van der Waals surface area contributed by atoms with Crippen molar-refractivity contribution in [2.24, 2.45) is 5.92 Å². The van der Waals surface area contributed by atoms with E-state index < -0.39 is 17.9 Å². The number of ether oxygens (including phenoxy) is 2. The zero-order chi connectivity index (χ0) is 19.1. The Morgan fingerprint density at radius 1 is 1.31 bits per heavy atom. The van der Waals surface area contributed by atoms with Crippen LogP contribution in [0, 0.1) is 5.92 Å². The molecule has 1 aromatic rings. The van der Waals surface area contributed by atoms with E-state index in [2.05, 4.69) is 10.1 Å². The molecule has 1 atom stereocenters. The highest BCUT2D eigenvalue weighted by Crippen LogP contribution is 2.21. The molecule has 2 rings (SSSR count). The highest BCUT2D eigenvalue weighted by molar-refractivity contribution is 5.89. The van der Waals surface area contributed by atoms with Crippen LogP contribution >= 0.6 is 0 Å². The molecule has 1 aliphatic rings. The van der Waals surface area contributed by atoms with Crippen molar-refractivity contribution >= 4 is 18.0 Å². The predicted octanol–water partition coefficient (Wildman–Crippen LogP) is 1.53. The van der Waals surface area contributed by atoms with Crippen molar-refractivity contribution in [2.75, 3.05) is 33.9 Å². The van der Waals surface area contributed by atoms with Crippen LogP contribution in [0.15, 0.2) is 18.2 Å². The smallest absolute Gasteiger partial charge is 0.337 e. The summed E-state index contributed by atoms with van der Waals surface area (Å²) in [6, 6.07) is 4.75. The minimum atomic E-state index is -0.863. The van der Waals surface area contributed by atoms with Gasteiger partial charge in [-0.3, -0.25) is 4.79 Å². The number of carboxylic acids is 1. The van der Waals surface area contributed by atoms with Gasteiger partial charge in [0.15, 0.2) is 0 Å². The molecule has 1 aliphatic heterocycles. The number of carbonyl (C=O) groups is 3. The average Bonchev–Trinajstić information content (AvgIpc) is 2.67. The van der Waals surface area contributed by atoms with E-state index in [1.54, 1.807) is 23.1 Å². The molecular weight excluding hydrogens is 340 g/mol. The molecule has 1 heterocycles. The van der Waals surface area contributed by atoms with Crippen LogP contribution in [0.3, 0.4) is 0 Å². The fraction of sp³-hybridized carbons (Fsp3) is 0.500. The van der Waals surface area contributed by atoms with Crippen LogP contribution in [-0.4, -0.2) is 61.8 Å². The van der Waals surface area contributed by atoms with Crippen molar-refractivity contribution in [1.82, 2.24) is 10.2 Å². The number of hydrogen-bond acceptors (Lipinski definition) is 5. The summed E-state index contributed by atoms with van der Waals surface area (Å²) in [5.41, 5.74) is 1.24. The molecule has 0 aromatic heterocycles. The number of urea groups is 1. The second kappa shape index (κ2) is 9.07. The number of esters is 1. The van der Waals surface area contributed by atoms with Gasteiger partial charge in [-0.1, -0.05) is 6.07 Å². The number of likely N-dealkylation sites (tertiary alicyclic amines) is 1. The molecule has 142 valence electrons. The van der Waals surface area contributed by atoms with Gasteiger partial charge in [0, 0.05) is 19.6 Å². The summed E-state index contributed by atoms with van der Waals surface area (Å²) in [5, 5.41) is 11.9. The zero-order valence-electron chi connectivity index (χ0n) is 15.0. The van der Waals surface area contributed by atoms with E-state index in [9.17, 15) is 14.4 Å². The van der Waals surface area contributed by atoms with Crippen LogP contribution in [0.2, 0.25) is 0 Å². The molecule has 2 amide bonds. The lowest BCUT2D eigenvalue weighted by atomic mass is 9.99. The maximum absolute atomic E-state index is 12.2. The van der Waals surface area contributed by atoms with Gasteiger partial charge in [-0.25, -0.2) is 9.59 Å². The molecule has 2 N–H and O–H groups in total. The van der Waals surface area contributed by atoms with Gasteiger partial charge in [-0.2, -0.15) is 0 Å². The van der Waals surface area contributed by atoms with Crippen molar-refractivity contribution in [3.05, 3.63) is 29.3 Å². The first kappa shape index (κ1) is 19.6. The SMILES string of the molecule is COC(=O)c1ccc(CCNC(=O)N2CCCC(C(=O)O)C2)c(OC)c1. The molecule has 8 heteroatoms. The first-order chi connectivity index (χ1) is 12.5. The Bertz CT molecular complexity index is 676. The highest BCUT2D eigenvalue weighted by atomic mass is 16.5. The molecule has 0 spiro atoms. The molecule has 1 fully saturated rings. The topological polar surface area (TPSA) is 105 Å². The molecule has 0 radical (unpaired) electrons. The molecule has 1 aromatic carbocycles. The number of rotatable bonds is 6. The molecule has 0 bridgehead atoms. The van der Waals surface area contributed by atoms with Crippen LogP contribution in [0.1, 0.15) is 28.8 Å². The molecule has 8 nitrogen and oxygen atoms in total. The van der Waals surface area contributed by atoms with Crippen LogP contribution in [0.25, 0.3) is 0 Å². The number of methoxy groups -OCH3 is 2. The van der Waals surface area contributed by atoms with Gasteiger partial charge in [0.05, 0.1) is 25.7 Å². The normalized spacial score (nSPS) is 16.7. The number of aliphatic carboxylic acids is 1. The second-order valence-electron chi connectivity index (χ2n) is 6.12.